The van der Waals surface area contributed by atoms with E-state index in [-0.39, 0.29) is 10.7 Å². The van der Waals surface area contributed by atoms with Crippen LogP contribution in [0.2, 0.25) is 0 Å². The predicted molar refractivity (Wildman–Crippen MR) is 46.4 cm³/mol. The van der Waals surface area contributed by atoms with Gasteiger partial charge < -0.3 is 5.32 Å². The molecule has 0 bridgehead atoms. The molecule has 1 N–H and O–H groups in total. The summed E-state index contributed by atoms with van der Waals surface area (Å²) in [6.45, 7) is 4.00. The molecule has 0 aliphatic carbocycles. The van der Waals surface area contributed by atoms with Crippen LogP contribution in [0.25, 0.3) is 0 Å². The summed E-state index contributed by atoms with van der Waals surface area (Å²) in [5, 5.41) is 2.56. The molecule has 0 aromatic carbocycles. The van der Waals surface area contributed by atoms with E-state index >= 15 is 0 Å². The molecule has 0 aliphatic rings. The molecular weight excluding hydrogens is 146 g/mol. The maximum Gasteiger partial charge on any atom is 0.219 e. The van der Waals surface area contributed by atoms with Crippen LogP contribution < -0.4 is 5.32 Å². The number of amides is 1. The van der Waals surface area contributed by atoms with E-state index in [4.69, 9.17) is 0 Å². The molecule has 2 nitrogen and oxygen atoms in total. The number of rotatable bonds is 3. The van der Waals surface area contributed by atoms with Crippen LogP contribution in [0.3, 0.4) is 0 Å². The van der Waals surface area contributed by atoms with Gasteiger partial charge in [0.1, 0.15) is 0 Å². The normalized spacial score (nSPS) is 11.2. The van der Waals surface area contributed by atoms with E-state index in [1.807, 2.05) is 13.8 Å². The van der Waals surface area contributed by atoms with Gasteiger partial charge in [-0.15, -0.1) is 0 Å². The molecule has 0 fully saturated rings. The zero-order valence-corrected chi connectivity index (χ0v) is 7.66. The topological polar surface area (TPSA) is 29.1 Å². The van der Waals surface area contributed by atoms with Crippen molar-refractivity contribution < 1.29 is 4.79 Å². The fourth-order valence-corrected chi connectivity index (χ4v) is 0.656. The minimum Gasteiger partial charge on any atom is -0.359 e. The lowest BCUT2D eigenvalue weighted by molar-refractivity contribution is -0.120. The molecule has 3 heteroatoms. The Morgan fingerprint density at radius 1 is 1.60 bits per heavy atom. The third-order valence-corrected chi connectivity index (χ3v) is 1.47. The molecule has 0 spiro atoms. The lowest BCUT2D eigenvalue weighted by Gasteiger charge is -2.15. The predicted octanol–water partition coefficient (Wildman–Crippen LogP) is 1.22. The highest BCUT2D eigenvalue weighted by molar-refractivity contribution is 7.81. The molecule has 0 saturated carbocycles. The van der Waals surface area contributed by atoms with Gasteiger partial charge in [0, 0.05) is 18.2 Å². The minimum absolute atomic E-state index is 0.0352. The van der Waals surface area contributed by atoms with Gasteiger partial charge in [0.05, 0.1) is 0 Å². The van der Waals surface area contributed by atoms with E-state index in [0.717, 1.165) is 6.42 Å². The molecule has 0 unspecified atom stereocenters. The first-order valence-corrected chi connectivity index (χ1v) is 3.83. The van der Waals surface area contributed by atoms with Crippen molar-refractivity contribution >= 4 is 18.5 Å². The van der Waals surface area contributed by atoms with Crippen molar-refractivity contribution in [3.8, 4) is 0 Å². The third kappa shape index (κ3) is 5.95. The Kier molecular flexibility index (Phi) is 3.79. The van der Waals surface area contributed by atoms with Crippen LogP contribution in [-0.4, -0.2) is 17.7 Å². The Balaban J connectivity index is 3.46. The summed E-state index contributed by atoms with van der Waals surface area (Å²) in [6, 6.07) is 0. The van der Waals surface area contributed by atoms with Crippen LogP contribution in [0.1, 0.15) is 26.7 Å². The number of carbonyl (C=O) groups is 1. The zero-order chi connectivity index (χ0) is 8.20. The SMILES string of the molecule is CNC(=O)CCC(C)(C)S. The van der Waals surface area contributed by atoms with Gasteiger partial charge in [0.15, 0.2) is 0 Å². The van der Waals surface area contributed by atoms with Gasteiger partial charge in [-0.05, 0) is 6.42 Å². The van der Waals surface area contributed by atoms with Gasteiger partial charge >= 0.3 is 0 Å². The van der Waals surface area contributed by atoms with Gasteiger partial charge in [-0.25, -0.2) is 0 Å². The van der Waals surface area contributed by atoms with Crippen molar-refractivity contribution in [3.05, 3.63) is 0 Å². The highest BCUT2D eigenvalue weighted by Crippen LogP contribution is 2.18. The van der Waals surface area contributed by atoms with Gasteiger partial charge in [0.2, 0.25) is 5.91 Å². The number of carbonyl (C=O) groups excluding carboxylic acids is 1. The van der Waals surface area contributed by atoms with Crippen LogP contribution in [-0.2, 0) is 4.79 Å². The standard InChI is InChI=1S/C7H15NOS/c1-7(2,10)5-4-6(9)8-3/h10H,4-5H2,1-3H3,(H,8,9). The largest absolute Gasteiger partial charge is 0.359 e. The maximum atomic E-state index is 10.7. The molecule has 0 saturated heterocycles. The first kappa shape index (κ1) is 9.82. The highest BCUT2D eigenvalue weighted by atomic mass is 32.1. The Morgan fingerprint density at radius 2 is 2.10 bits per heavy atom. The minimum atomic E-state index is -0.0352. The smallest absolute Gasteiger partial charge is 0.219 e. The van der Waals surface area contributed by atoms with Crippen LogP contribution in [0.5, 0.6) is 0 Å². The number of nitrogens with one attached hydrogen (secondary N) is 1. The number of hydrogen-bond donors (Lipinski definition) is 2. The number of thiol groups is 1. The van der Waals surface area contributed by atoms with Gasteiger partial charge in [-0.2, -0.15) is 12.6 Å². The van der Waals surface area contributed by atoms with Gasteiger partial charge in [0.25, 0.3) is 0 Å². The second-order valence-corrected chi connectivity index (χ2v) is 4.20. The van der Waals surface area contributed by atoms with Crippen molar-refractivity contribution in [1.82, 2.24) is 5.32 Å². The van der Waals surface area contributed by atoms with E-state index in [1.165, 1.54) is 0 Å². The fraction of sp³-hybridized carbons (Fsp3) is 0.857. The summed E-state index contributed by atoms with van der Waals surface area (Å²) in [5.41, 5.74) is 0. The zero-order valence-electron chi connectivity index (χ0n) is 6.77. The molecule has 1 amide bonds. The third-order valence-electron chi connectivity index (χ3n) is 1.24. The fourth-order valence-electron chi connectivity index (χ4n) is 0.544. The lowest BCUT2D eigenvalue weighted by atomic mass is 10.1. The maximum absolute atomic E-state index is 10.7. The van der Waals surface area contributed by atoms with Crippen LogP contribution in [0.4, 0.5) is 0 Å². The van der Waals surface area contributed by atoms with Crippen molar-refractivity contribution in [2.75, 3.05) is 7.05 Å². The highest BCUT2D eigenvalue weighted by Gasteiger charge is 2.12. The molecular formula is C7H15NOS. The van der Waals surface area contributed by atoms with E-state index < -0.39 is 0 Å². The van der Waals surface area contributed by atoms with Crippen molar-refractivity contribution in [2.24, 2.45) is 0 Å². The summed E-state index contributed by atoms with van der Waals surface area (Å²) in [4.78, 5) is 10.7. The molecule has 0 aromatic rings. The summed E-state index contributed by atoms with van der Waals surface area (Å²) >= 11 is 4.29. The molecule has 10 heavy (non-hydrogen) atoms. The Bertz CT molecular complexity index is 117. The van der Waals surface area contributed by atoms with Crippen LogP contribution in [0, 0.1) is 0 Å². The van der Waals surface area contributed by atoms with E-state index in [1.54, 1.807) is 7.05 Å². The van der Waals surface area contributed by atoms with Crippen LogP contribution >= 0.6 is 12.6 Å². The van der Waals surface area contributed by atoms with Gasteiger partial charge in [-0.3, -0.25) is 4.79 Å². The molecule has 0 heterocycles. The van der Waals surface area contributed by atoms with Crippen molar-refractivity contribution in [3.63, 3.8) is 0 Å². The molecule has 0 radical (unpaired) electrons. The summed E-state index contributed by atoms with van der Waals surface area (Å²) < 4.78 is -0.0352. The van der Waals surface area contributed by atoms with Gasteiger partial charge in [-0.1, -0.05) is 13.8 Å². The van der Waals surface area contributed by atoms with E-state index in [0.29, 0.717) is 6.42 Å². The molecule has 60 valence electrons. The monoisotopic (exact) mass is 161 g/mol. The van der Waals surface area contributed by atoms with Crippen molar-refractivity contribution in [2.45, 2.75) is 31.4 Å². The molecule has 0 aliphatic heterocycles. The average Bonchev–Trinajstić information content (AvgIpc) is 1.81. The van der Waals surface area contributed by atoms with E-state index in [9.17, 15) is 4.79 Å². The summed E-state index contributed by atoms with van der Waals surface area (Å²) in [7, 11) is 1.65. The lowest BCUT2D eigenvalue weighted by Crippen LogP contribution is -2.21. The second-order valence-electron chi connectivity index (χ2n) is 2.99. The van der Waals surface area contributed by atoms with Crippen molar-refractivity contribution in [1.29, 1.82) is 0 Å². The van der Waals surface area contributed by atoms with Crippen LogP contribution in [0.15, 0.2) is 0 Å². The Morgan fingerprint density at radius 3 is 2.40 bits per heavy atom. The summed E-state index contributed by atoms with van der Waals surface area (Å²) in [6.07, 6.45) is 1.38. The molecule has 0 aromatic heterocycles. The Labute approximate surface area is 67.8 Å². The number of hydrogen-bond acceptors (Lipinski definition) is 2. The van der Waals surface area contributed by atoms with E-state index in [2.05, 4.69) is 17.9 Å². The first-order valence-electron chi connectivity index (χ1n) is 3.38. The molecule has 0 atom stereocenters. The Hall–Kier alpha value is -0.180. The summed E-state index contributed by atoms with van der Waals surface area (Å²) in [5.74, 6) is 0.0853. The molecule has 0 rings (SSSR count). The average molecular weight is 161 g/mol. The second kappa shape index (κ2) is 3.86. The quantitative estimate of drug-likeness (QED) is 0.599. The first-order chi connectivity index (χ1) is 4.45.